The topological polar surface area (TPSA) is 45.4 Å². The summed E-state index contributed by atoms with van der Waals surface area (Å²) in [7, 11) is 0. The van der Waals surface area contributed by atoms with Gasteiger partial charge in [0.05, 0.1) is 6.07 Å². The molecule has 0 saturated heterocycles. The molecular formula is C11H10N2O. The van der Waals surface area contributed by atoms with Gasteiger partial charge in [0.2, 0.25) is 0 Å². The zero-order valence-electron chi connectivity index (χ0n) is 7.68. The van der Waals surface area contributed by atoms with E-state index in [9.17, 15) is 0 Å². The summed E-state index contributed by atoms with van der Waals surface area (Å²) in [5.74, 6) is 0.557. The molecular weight excluding hydrogens is 176 g/mol. The van der Waals surface area contributed by atoms with E-state index in [1.54, 1.807) is 0 Å². The third-order valence-electron chi connectivity index (χ3n) is 2.12. The van der Waals surface area contributed by atoms with Gasteiger partial charge in [0.1, 0.15) is 19.1 Å². The quantitative estimate of drug-likeness (QED) is 0.709. The summed E-state index contributed by atoms with van der Waals surface area (Å²) in [6.07, 6.45) is 0.267. The molecule has 0 spiro atoms. The molecule has 1 aliphatic rings. The molecule has 0 fully saturated rings. The number of benzene rings is 1. The van der Waals surface area contributed by atoms with Crippen LogP contribution in [-0.2, 0) is 4.74 Å². The van der Waals surface area contributed by atoms with Gasteiger partial charge in [0, 0.05) is 0 Å². The Morgan fingerprint density at radius 2 is 2.21 bits per heavy atom. The summed E-state index contributed by atoms with van der Waals surface area (Å²) in [5, 5.41) is 8.47. The summed E-state index contributed by atoms with van der Waals surface area (Å²) in [4.78, 5) is 4.32. The summed E-state index contributed by atoms with van der Waals surface area (Å²) < 4.78 is 5.29. The van der Waals surface area contributed by atoms with Crippen LogP contribution in [0.2, 0.25) is 0 Å². The average Bonchev–Trinajstić information content (AvgIpc) is 2.68. The van der Waals surface area contributed by atoms with Crippen molar-refractivity contribution >= 4 is 5.90 Å². The van der Waals surface area contributed by atoms with Crippen LogP contribution >= 0.6 is 0 Å². The molecule has 0 aliphatic carbocycles. The zero-order chi connectivity index (χ0) is 9.80. The lowest BCUT2D eigenvalue weighted by Crippen LogP contribution is -1.98. The van der Waals surface area contributed by atoms with Crippen molar-refractivity contribution in [1.29, 1.82) is 5.26 Å². The molecule has 0 radical (unpaired) electrons. The summed E-state index contributed by atoms with van der Waals surface area (Å²) in [6.45, 7) is 0.557. The molecule has 1 aromatic carbocycles. The number of hydrogen-bond acceptors (Lipinski definition) is 3. The van der Waals surface area contributed by atoms with Crippen LogP contribution in [0.15, 0.2) is 35.3 Å². The fourth-order valence-electron chi connectivity index (χ4n) is 1.43. The first-order valence-electron chi connectivity index (χ1n) is 4.51. The van der Waals surface area contributed by atoms with E-state index in [4.69, 9.17) is 10.00 Å². The minimum absolute atomic E-state index is 0.0690. The zero-order valence-corrected chi connectivity index (χ0v) is 7.68. The van der Waals surface area contributed by atoms with Crippen LogP contribution in [-0.4, -0.2) is 12.5 Å². The second-order valence-electron chi connectivity index (χ2n) is 3.10. The van der Waals surface area contributed by atoms with E-state index in [2.05, 4.69) is 4.99 Å². The van der Waals surface area contributed by atoms with Crippen molar-refractivity contribution < 1.29 is 4.74 Å². The van der Waals surface area contributed by atoms with E-state index < -0.39 is 0 Å². The Morgan fingerprint density at radius 3 is 2.93 bits per heavy atom. The van der Waals surface area contributed by atoms with Crippen molar-refractivity contribution in [3.63, 3.8) is 0 Å². The van der Waals surface area contributed by atoms with Crippen LogP contribution in [0.4, 0.5) is 0 Å². The first-order chi connectivity index (χ1) is 6.90. The predicted octanol–water partition coefficient (Wildman–Crippen LogP) is 2.07. The second kappa shape index (κ2) is 3.93. The lowest BCUT2D eigenvalue weighted by atomic mass is 10.1. The van der Waals surface area contributed by atoms with E-state index in [0.717, 1.165) is 5.56 Å². The highest BCUT2D eigenvalue weighted by atomic mass is 16.5. The van der Waals surface area contributed by atoms with E-state index >= 15 is 0 Å². The Labute approximate surface area is 82.7 Å². The summed E-state index contributed by atoms with van der Waals surface area (Å²) in [6, 6.07) is 12.1. The summed E-state index contributed by atoms with van der Waals surface area (Å²) in [5.41, 5.74) is 1.14. The maximum Gasteiger partial charge on any atom is 0.198 e. The van der Waals surface area contributed by atoms with Crippen molar-refractivity contribution in [2.45, 2.75) is 12.5 Å². The number of hydrogen-bond donors (Lipinski definition) is 0. The largest absolute Gasteiger partial charge is 0.478 e. The lowest BCUT2D eigenvalue weighted by Gasteiger charge is -2.03. The standard InChI is InChI=1S/C11H10N2O/c12-7-6-11-13-10(8-14-11)9-4-2-1-3-5-9/h1-5,10H,6,8H2/t10-/m1/s1. The molecule has 0 N–H and O–H groups in total. The van der Waals surface area contributed by atoms with E-state index in [-0.39, 0.29) is 12.5 Å². The van der Waals surface area contributed by atoms with Crippen molar-refractivity contribution in [1.82, 2.24) is 0 Å². The Bertz CT molecular complexity index is 378. The van der Waals surface area contributed by atoms with Gasteiger partial charge in [0.15, 0.2) is 5.90 Å². The maximum absolute atomic E-state index is 8.47. The van der Waals surface area contributed by atoms with Gasteiger partial charge >= 0.3 is 0 Å². The van der Waals surface area contributed by atoms with Crippen molar-refractivity contribution in [3.05, 3.63) is 35.9 Å². The third-order valence-corrected chi connectivity index (χ3v) is 2.12. The molecule has 0 saturated carbocycles. The fourth-order valence-corrected chi connectivity index (χ4v) is 1.43. The molecule has 3 heteroatoms. The smallest absolute Gasteiger partial charge is 0.198 e. The van der Waals surface area contributed by atoms with E-state index in [1.807, 2.05) is 36.4 Å². The average molecular weight is 186 g/mol. The molecule has 0 unspecified atom stereocenters. The van der Waals surface area contributed by atoms with Crippen LogP contribution in [0.3, 0.4) is 0 Å². The van der Waals surface area contributed by atoms with Crippen LogP contribution < -0.4 is 0 Å². The predicted molar refractivity (Wildman–Crippen MR) is 52.8 cm³/mol. The highest BCUT2D eigenvalue weighted by Crippen LogP contribution is 2.22. The van der Waals surface area contributed by atoms with E-state index in [0.29, 0.717) is 12.5 Å². The van der Waals surface area contributed by atoms with Crippen molar-refractivity contribution in [2.24, 2.45) is 4.99 Å². The summed E-state index contributed by atoms with van der Waals surface area (Å²) >= 11 is 0. The van der Waals surface area contributed by atoms with Crippen LogP contribution in [0.1, 0.15) is 18.0 Å². The maximum atomic E-state index is 8.47. The molecule has 0 aromatic heterocycles. The molecule has 1 heterocycles. The lowest BCUT2D eigenvalue weighted by molar-refractivity contribution is 0.314. The molecule has 1 aromatic rings. The molecule has 0 amide bonds. The molecule has 1 aliphatic heterocycles. The Morgan fingerprint density at radius 1 is 1.43 bits per heavy atom. The number of aliphatic imine (C=N–C) groups is 1. The first kappa shape index (κ1) is 8.76. The first-order valence-corrected chi connectivity index (χ1v) is 4.51. The molecule has 0 bridgehead atoms. The van der Waals surface area contributed by atoms with Gasteiger partial charge in [-0.25, -0.2) is 4.99 Å². The molecule has 14 heavy (non-hydrogen) atoms. The van der Waals surface area contributed by atoms with Gasteiger partial charge in [0.25, 0.3) is 0 Å². The van der Waals surface area contributed by atoms with Gasteiger partial charge in [-0.1, -0.05) is 30.3 Å². The third kappa shape index (κ3) is 1.74. The Hall–Kier alpha value is -1.82. The van der Waals surface area contributed by atoms with Crippen molar-refractivity contribution in [3.8, 4) is 6.07 Å². The monoisotopic (exact) mass is 186 g/mol. The highest BCUT2D eigenvalue weighted by Gasteiger charge is 2.19. The van der Waals surface area contributed by atoms with Crippen LogP contribution in [0.25, 0.3) is 0 Å². The number of rotatable bonds is 2. The van der Waals surface area contributed by atoms with Crippen LogP contribution in [0, 0.1) is 11.3 Å². The normalized spacial score (nSPS) is 19.6. The molecule has 2 rings (SSSR count). The second-order valence-corrected chi connectivity index (χ2v) is 3.10. The number of nitrogens with zero attached hydrogens (tertiary/aromatic N) is 2. The highest BCUT2D eigenvalue weighted by molar-refractivity contribution is 5.79. The Balaban J connectivity index is 2.13. The SMILES string of the molecule is N#CCC1=N[C@@H](c2ccccc2)CO1. The van der Waals surface area contributed by atoms with Gasteiger partial charge < -0.3 is 4.74 Å². The van der Waals surface area contributed by atoms with E-state index in [1.165, 1.54) is 0 Å². The van der Waals surface area contributed by atoms with Gasteiger partial charge in [-0.15, -0.1) is 0 Å². The minimum atomic E-state index is 0.0690. The molecule has 1 atom stereocenters. The minimum Gasteiger partial charge on any atom is -0.478 e. The molecule has 3 nitrogen and oxygen atoms in total. The van der Waals surface area contributed by atoms with Crippen LogP contribution in [0.5, 0.6) is 0 Å². The number of ether oxygens (including phenoxy) is 1. The van der Waals surface area contributed by atoms with Crippen molar-refractivity contribution in [2.75, 3.05) is 6.61 Å². The fraction of sp³-hybridized carbons (Fsp3) is 0.273. The van der Waals surface area contributed by atoms with Gasteiger partial charge in [-0.05, 0) is 5.56 Å². The van der Waals surface area contributed by atoms with Gasteiger partial charge in [-0.2, -0.15) is 5.26 Å². The van der Waals surface area contributed by atoms with Gasteiger partial charge in [-0.3, -0.25) is 0 Å². The number of nitriles is 1. The molecule has 70 valence electrons. The Kier molecular flexibility index (Phi) is 2.46.